The second-order valence-electron chi connectivity index (χ2n) is 5.29. The molecule has 2 rings (SSSR count). The molecule has 0 saturated heterocycles. The molecule has 136 valence electrons. The first kappa shape index (κ1) is 18.9. The predicted molar refractivity (Wildman–Crippen MR) is 92.7 cm³/mol. The highest BCUT2D eigenvalue weighted by molar-refractivity contribution is 5.81. The van der Waals surface area contributed by atoms with Crippen LogP contribution in [-0.2, 0) is 20.9 Å². The lowest BCUT2D eigenvalue weighted by molar-refractivity contribution is -0.384. The molecule has 0 spiro atoms. The molecular formula is C18H18N2O6. The van der Waals surface area contributed by atoms with Gasteiger partial charge in [-0.25, -0.2) is 0 Å². The zero-order chi connectivity index (χ0) is 18.9. The molecule has 8 nitrogen and oxygen atoms in total. The third kappa shape index (κ3) is 5.90. The average Bonchev–Trinajstić information content (AvgIpc) is 2.66. The number of benzene rings is 2. The third-order valence-corrected chi connectivity index (χ3v) is 3.36. The quantitative estimate of drug-likeness (QED) is 0.441. The number of hydrogen-bond acceptors (Lipinski definition) is 6. The minimum Gasteiger partial charge on any atom is -0.460 e. The molecule has 0 atom stereocenters. The molecule has 1 N–H and O–H groups in total. The monoisotopic (exact) mass is 358 g/mol. The van der Waals surface area contributed by atoms with E-state index in [1.807, 2.05) is 0 Å². The van der Waals surface area contributed by atoms with Crippen molar-refractivity contribution < 1.29 is 24.0 Å². The standard InChI is InChI=1S/C18H18N2O6/c1-2-17(21)19-11-18(22)25-12-13-3-7-15(8-4-13)26-16-9-5-14(6-10-16)20(23)24/h3-10H,2,11-12H2,1H3,(H,19,21). The molecule has 0 radical (unpaired) electrons. The van der Waals surface area contributed by atoms with Gasteiger partial charge in [0.2, 0.25) is 5.91 Å². The van der Waals surface area contributed by atoms with Crippen LogP contribution in [0.4, 0.5) is 5.69 Å². The number of rotatable bonds is 8. The number of esters is 1. The predicted octanol–water partition coefficient (Wildman–Crippen LogP) is 2.96. The van der Waals surface area contributed by atoms with Gasteiger partial charge in [-0.3, -0.25) is 19.7 Å². The maximum atomic E-state index is 11.5. The van der Waals surface area contributed by atoms with E-state index in [0.717, 1.165) is 5.56 Å². The van der Waals surface area contributed by atoms with Gasteiger partial charge < -0.3 is 14.8 Å². The number of nitro benzene ring substituents is 1. The maximum absolute atomic E-state index is 11.5. The van der Waals surface area contributed by atoms with Gasteiger partial charge in [0.05, 0.1) is 4.92 Å². The van der Waals surface area contributed by atoms with E-state index < -0.39 is 10.9 Å². The summed E-state index contributed by atoms with van der Waals surface area (Å²) in [7, 11) is 0. The molecule has 0 aliphatic heterocycles. The van der Waals surface area contributed by atoms with Gasteiger partial charge in [-0.05, 0) is 29.8 Å². The summed E-state index contributed by atoms with van der Waals surface area (Å²) in [6, 6.07) is 12.6. The van der Waals surface area contributed by atoms with E-state index >= 15 is 0 Å². The Bertz CT molecular complexity index is 771. The Morgan fingerprint density at radius 2 is 1.62 bits per heavy atom. The second kappa shape index (κ2) is 9.16. The fourth-order valence-corrected chi connectivity index (χ4v) is 1.94. The van der Waals surface area contributed by atoms with E-state index in [1.54, 1.807) is 31.2 Å². The number of carbonyl (C=O) groups is 2. The first-order valence-corrected chi connectivity index (χ1v) is 7.91. The molecule has 1 amide bonds. The fourth-order valence-electron chi connectivity index (χ4n) is 1.94. The molecule has 8 heteroatoms. The second-order valence-corrected chi connectivity index (χ2v) is 5.29. The number of nitro groups is 1. The molecule has 0 saturated carbocycles. The van der Waals surface area contributed by atoms with Crippen molar-refractivity contribution in [2.75, 3.05) is 6.54 Å². The van der Waals surface area contributed by atoms with E-state index in [0.29, 0.717) is 17.9 Å². The molecule has 2 aromatic rings. The minimum absolute atomic E-state index is 0.00959. The Morgan fingerprint density at radius 1 is 1.04 bits per heavy atom. The van der Waals surface area contributed by atoms with Crippen molar-refractivity contribution in [3.05, 3.63) is 64.2 Å². The van der Waals surface area contributed by atoms with Gasteiger partial charge in [0.15, 0.2) is 0 Å². The van der Waals surface area contributed by atoms with Crippen LogP contribution in [0.2, 0.25) is 0 Å². The molecule has 2 aromatic carbocycles. The van der Waals surface area contributed by atoms with Crippen molar-refractivity contribution in [2.45, 2.75) is 20.0 Å². The first-order chi connectivity index (χ1) is 12.5. The van der Waals surface area contributed by atoms with E-state index in [-0.39, 0.29) is 24.7 Å². The number of non-ortho nitro benzene ring substituents is 1. The molecule has 0 heterocycles. The lowest BCUT2D eigenvalue weighted by atomic mass is 10.2. The van der Waals surface area contributed by atoms with Gasteiger partial charge >= 0.3 is 5.97 Å². The van der Waals surface area contributed by atoms with Gasteiger partial charge in [-0.15, -0.1) is 0 Å². The SMILES string of the molecule is CCC(=O)NCC(=O)OCc1ccc(Oc2ccc([N+](=O)[O-])cc2)cc1. The van der Waals surface area contributed by atoms with Crippen molar-refractivity contribution in [2.24, 2.45) is 0 Å². The number of amides is 1. The Hall–Kier alpha value is -3.42. The summed E-state index contributed by atoms with van der Waals surface area (Å²) in [5, 5.41) is 13.1. The van der Waals surface area contributed by atoms with Gasteiger partial charge in [-0.2, -0.15) is 0 Å². The summed E-state index contributed by atoms with van der Waals surface area (Å²) in [4.78, 5) is 32.7. The van der Waals surface area contributed by atoms with Crippen molar-refractivity contribution in [1.29, 1.82) is 0 Å². The third-order valence-electron chi connectivity index (χ3n) is 3.36. The summed E-state index contributed by atoms with van der Waals surface area (Å²) >= 11 is 0. The molecule has 0 unspecified atom stereocenters. The molecule has 0 bridgehead atoms. The number of ether oxygens (including phenoxy) is 2. The van der Waals surface area contributed by atoms with Crippen LogP contribution < -0.4 is 10.1 Å². The number of hydrogen-bond donors (Lipinski definition) is 1. The normalized spacial score (nSPS) is 10.0. The van der Waals surface area contributed by atoms with Gasteiger partial charge in [0, 0.05) is 18.6 Å². The summed E-state index contributed by atoms with van der Waals surface area (Å²) in [5.41, 5.74) is 0.751. The topological polar surface area (TPSA) is 108 Å². The first-order valence-electron chi connectivity index (χ1n) is 7.91. The van der Waals surface area contributed by atoms with E-state index in [1.165, 1.54) is 24.3 Å². The van der Waals surface area contributed by atoms with Crippen LogP contribution in [0.5, 0.6) is 11.5 Å². The fraction of sp³-hybridized carbons (Fsp3) is 0.222. The highest BCUT2D eigenvalue weighted by Crippen LogP contribution is 2.24. The van der Waals surface area contributed by atoms with Crippen LogP contribution >= 0.6 is 0 Å². The Balaban J connectivity index is 1.83. The zero-order valence-corrected chi connectivity index (χ0v) is 14.1. The average molecular weight is 358 g/mol. The van der Waals surface area contributed by atoms with E-state index in [9.17, 15) is 19.7 Å². The van der Waals surface area contributed by atoms with Crippen LogP contribution in [0.25, 0.3) is 0 Å². The molecule has 0 fully saturated rings. The van der Waals surface area contributed by atoms with Crippen LogP contribution in [0, 0.1) is 10.1 Å². The minimum atomic E-state index is -0.516. The maximum Gasteiger partial charge on any atom is 0.325 e. The van der Waals surface area contributed by atoms with E-state index in [4.69, 9.17) is 9.47 Å². The molecule has 0 aromatic heterocycles. The highest BCUT2D eigenvalue weighted by atomic mass is 16.6. The van der Waals surface area contributed by atoms with Crippen molar-refractivity contribution in [3.8, 4) is 11.5 Å². The zero-order valence-electron chi connectivity index (χ0n) is 14.1. The lowest BCUT2D eigenvalue weighted by Crippen LogP contribution is -2.29. The smallest absolute Gasteiger partial charge is 0.325 e. The van der Waals surface area contributed by atoms with Crippen LogP contribution in [0.1, 0.15) is 18.9 Å². The lowest BCUT2D eigenvalue weighted by Gasteiger charge is -2.08. The van der Waals surface area contributed by atoms with Crippen LogP contribution in [-0.4, -0.2) is 23.3 Å². The van der Waals surface area contributed by atoms with E-state index in [2.05, 4.69) is 5.32 Å². The Labute approximate surface area is 149 Å². The summed E-state index contributed by atoms with van der Waals surface area (Å²) in [6.07, 6.45) is 0.309. The van der Waals surface area contributed by atoms with Gasteiger partial charge in [0.1, 0.15) is 24.7 Å². The van der Waals surface area contributed by atoms with Crippen molar-refractivity contribution >= 4 is 17.6 Å². The summed E-state index contributed by atoms with van der Waals surface area (Å²) in [5.74, 6) is 0.290. The summed E-state index contributed by atoms with van der Waals surface area (Å²) in [6.45, 7) is 1.62. The van der Waals surface area contributed by atoms with Crippen LogP contribution in [0.15, 0.2) is 48.5 Å². The Kier molecular flexibility index (Phi) is 6.67. The molecule has 26 heavy (non-hydrogen) atoms. The molecular weight excluding hydrogens is 340 g/mol. The van der Waals surface area contributed by atoms with Gasteiger partial charge in [0.25, 0.3) is 5.69 Å². The largest absolute Gasteiger partial charge is 0.460 e. The number of carbonyl (C=O) groups excluding carboxylic acids is 2. The molecule has 0 aliphatic carbocycles. The van der Waals surface area contributed by atoms with Crippen LogP contribution in [0.3, 0.4) is 0 Å². The summed E-state index contributed by atoms with van der Waals surface area (Å²) < 4.78 is 10.7. The van der Waals surface area contributed by atoms with Crippen molar-refractivity contribution in [1.82, 2.24) is 5.32 Å². The van der Waals surface area contributed by atoms with Gasteiger partial charge in [-0.1, -0.05) is 19.1 Å². The highest BCUT2D eigenvalue weighted by Gasteiger charge is 2.07. The Morgan fingerprint density at radius 3 is 2.15 bits per heavy atom. The molecule has 0 aliphatic rings. The van der Waals surface area contributed by atoms with Crippen molar-refractivity contribution in [3.63, 3.8) is 0 Å². The number of nitrogens with zero attached hydrogens (tertiary/aromatic N) is 1. The number of nitrogens with one attached hydrogen (secondary N) is 1.